The SMILES string of the molecule is CN=C(NCc1ccc(Br)cc1)NCc1cc(OC)c(OC)c(OC)c1. The quantitative estimate of drug-likeness (QED) is 0.530. The first-order valence-corrected chi connectivity index (χ1v) is 8.88. The third-order valence-corrected chi connectivity index (χ3v) is 4.31. The second-order valence-electron chi connectivity index (χ2n) is 5.44. The van der Waals surface area contributed by atoms with Gasteiger partial charge in [-0.05, 0) is 35.4 Å². The van der Waals surface area contributed by atoms with Gasteiger partial charge in [-0.15, -0.1) is 0 Å². The molecular formula is C19H24BrN3O3. The molecule has 2 aromatic carbocycles. The van der Waals surface area contributed by atoms with Gasteiger partial charge in [0, 0.05) is 24.6 Å². The summed E-state index contributed by atoms with van der Waals surface area (Å²) in [6.45, 7) is 1.25. The predicted molar refractivity (Wildman–Crippen MR) is 107 cm³/mol. The highest BCUT2D eigenvalue weighted by atomic mass is 79.9. The fourth-order valence-corrected chi connectivity index (χ4v) is 2.70. The van der Waals surface area contributed by atoms with Crippen LogP contribution in [0.4, 0.5) is 0 Å². The van der Waals surface area contributed by atoms with E-state index in [0.717, 1.165) is 10.0 Å². The van der Waals surface area contributed by atoms with Crippen molar-refractivity contribution in [3.05, 3.63) is 52.0 Å². The first-order chi connectivity index (χ1) is 12.6. The molecule has 2 N–H and O–H groups in total. The van der Waals surface area contributed by atoms with Gasteiger partial charge in [0.1, 0.15) is 0 Å². The normalized spacial score (nSPS) is 11.0. The van der Waals surface area contributed by atoms with Crippen molar-refractivity contribution in [1.82, 2.24) is 10.6 Å². The summed E-state index contributed by atoms with van der Waals surface area (Å²) >= 11 is 3.44. The summed E-state index contributed by atoms with van der Waals surface area (Å²) in [5.74, 6) is 2.54. The number of aliphatic imine (C=N–C) groups is 1. The van der Waals surface area contributed by atoms with Crippen molar-refractivity contribution >= 4 is 21.9 Å². The number of methoxy groups -OCH3 is 3. The number of guanidine groups is 1. The van der Waals surface area contributed by atoms with E-state index in [0.29, 0.717) is 36.3 Å². The Bertz CT molecular complexity index is 723. The standard InChI is InChI=1S/C19H24BrN3O3/c1-21-19(22-11-13-5-7-15(20)8-6-13)23-12-14-9-16(24-2)18(26-4)17(10-14)25-3/h5-10H,11-12H2,1-4H3,(H2,21,22,23). The second kappa shape index (κ2) is 9.91. The number of ether oxygens (including phenoxy) is 3. The number of halogens is 1. The monoisotopic (exact) mass is 421 g/mol. The number of benzene rings is 2. The second-order valence-corrected chi connectivity index (χ2v) is 6.36. The Morgan fingerprint density at radius 1 is 0.885 bits per heavy atom. The van der Waals surface area contributed by atoms with Crippen molar-refractivity contribution in [2.75, 3.05) is 28.4 Å². The fraction of sp³-hybridized carbons (Fsp3) is 0.316. The molecule has 0 spiro atoms. The van der Waals surface area contributed by atoms with E-state index in [9.17, 15) is 0 Å². The topological polar surface area (TPSA) is 64.1 Å². The van der Waals surface area contributed by atoms with Crippen LogP contribution in [0.5, 0.6) is 17.2 Å². The predicted octanol–water partition coefficient (Wildman–Crippen LogP) is 3.34. The maximum Gasteiger partial charge on any atom is 0.203 e. The largest absolute Gasteiger partial charge is 0.493 e. The number of hydrogen-bond donors (Lipinski definition) is 2. The Kier molecular flexibility index (Phi) is 7.59. The minimum Gasteiger partial charge on any atom is -0.493 e. The molecule has 0 bridgehead atoms. The molecule has 2 rings (SSSR count). The molecule has 0 aliphatic heterocycles. The van der Waals surface area contributed by atoms with E-state index >= 15 is 0 Å². The van der Waals surface area contributed by atoms with E-state index in [4.69, 9.17) is 14.2 Å². The van der Waals surface area contributed by atoms with Crippen LogP contribution in [0.2, 0.25) is 0 Å². The lowest BCUT2D eigenvalue weighted by atomic mass is 10.2. The lowest BCUT2D eigenvalue weighted by molar-refractivity contribution is 0.323. The highest BCUT2D eigenvalue weighted by molar-refractivity contribution is 9.10. The van der Waals surface area contributed by atoms with Crippen LogP contribution in [-0.2, 0) is 13.1 Å². The van der Waals surface area contributed by atoms with Gasteiger partial charge in [-0.2, -0.15) is 0 Å². The van der Waals surface area contributed by atoms with Gasteiger partial charge in [0.05, 0.1) is 21.3 Å². The summed E-state index contributed by atoms with van der Waals surface area (Å²) in [5.41, 5.74) is 2.16. The molecule has 7 heteroatoms. The number of nitrogens with zero attached hydrogens (tertiary/aromatic N) is 1. The highest BCUT2D eigenvalue weighted by Gasteiger charge is 2.13. The molecule has 0 saturated heterocycles. The smallest absolute Gasteiger partial charge is 0.203 e. The first-order valence-electron chi connectivity index (χ1n) is 8.09. The number of nitrogens with one attached hydrogen (secondary N) is 2. The Balaban J connectivity index is 2.00. The van der Waals surface area contributed by atoms with Crippen LogP contribution in [0.3, 0.4) is 0 Å². The van der Waals surface area contributed by atoms with Crippen LogP contribution in [0.15, 0.2) is 45.9 Å². The average Bonchev–Trinajstić information content (AvgIpc) is 2.68. The lowest BCUT2D eigenvalue weighted by Crippen LogP contribution is -2.36. The van der Waals surface area contributed by atoms with E-state index in [1.165, 1.54) is 5.56 Å². The molecular weight excluding hydrogens is 398 g/mol. The molecule has 2 aromatic rings. The Morgan fingerprint density at radius 2 is 1.42 bits per heavy atom. The molecule has 0 amide bonds. The van der Waals surface area contributed by atoms with Gasteiger partial charge in [0.2, 0.25) is 5.75 Å². The molecule has 0 heterocycles. The highest BCUT2D eigenvalue weighted by Crippen LogP contribution is 2.38. The van der Waals surface area contributed by atoms with Gasteiger partial charge in [-0.25, -0.2) is 0 Å². The maximum absolute atomic E-state index is 5.39. The molecule has 0 radical (unpaired) electrons. The van der Waals surface area contributed by atoms with Crippen LogP contribution in [0.1, 0.15) is 11.1 Å². The van der Waals surface area contributed by atoms with Gasteiger partial charge in [-0.1, -0.05) is 28.1 Å². The molecule has 26 heavy (non-hydrogen) atoms. The maximum atomic E-state index is 5.39. The third kappa shape index (κ3) is 5.29. The Hall–Kier alpha value is -2.41. The van der Waals surface area contributed by atoms with E-state index in [1.54, 1.807) is 28.4 Å². The van der Waals surface area contributed by atoms with Crippen LogP contribution in [-0.4, -0.2) is 34.3 Å². The molecule has 6 nitrogen and oxygen atoms in total. The molecule has 0 fully saturated rings. The zero-order valence-corrected chi connectivity index (χ0v) is 17.0. The van der Waals surface area contributed by atoms with Crippen molar-refractivity contribution < 1.29 is 14.2 Å². The van der Waals surface area contributed by atoms with E-state index in [2.05, 4.69) is 43.7 Å². The van der Waals surface area contributed by atoms with Gasteiger partial charge >= 0.3 is 0 Å². The van der Waals surface area contributed by atoms with Crippen LogP contribution in [0.25, 0.3) is 0 Å². The minimum absolute atomic E-state index is 0.566. The van der Waals surface area contributed by atoms with Crippen molar-refractivity contribution in [2.24, 2.45) is 4.99 Å². The average molecular weight is 422 g/mol. The van der Waals surface area contributed by atoms with Crippen molar-refractivity contribution in [2.45, 2.75) is 13.1 Å². The summed E-state index contributed by atoms with van der Waals surface area (Å²) in [4.78, 5) is 4.25. The molecule has 0 unspecified atom stereocenters. The summed E-state index contributed by atoms with van der Waals surface area (Å²) in [7, 11) is 6.54. The van der Waals surface area contributed by atoms with Crippen LogP contribution >= 0.6 is 15.9 Å². The molecule has 0 aromatic heterocycles. The molecule has 0 atom stereocenters. The molecule has 0 saturated carbocycles. The van der Waals surface area contributed by atoms with E-state index < -0.39 is 0 Å². The fourth-order valence-electron chi connectivity index (χ4n) is 2.43. The molecule has 140 valence electrons. The Morgan fingerprint density at radius 3 is 1.88 bits per heavy atom. The first kappa shape index (κ1) is 19.9. The molecule has 0 aliphatic carbocycles. The Labute approximate surface area is 162 Å². The van der Waals surface area contributed by atoms with Crippen molar-refractivity contribution in [3.63, 3.8) is 0 Å². The van der Waals surface area contributed by atoms with Gasteiger partial charge < -0.3 is 24.8 Å². The number of rotatable bonds is 7. The van der Waals surface area contributed by atoms with E-state index in [1.807, 2.05) is 24.3 Å². The van der Waals surface area contributed by atoms with Crippen LogP contribution in [0, 0.1) is 0 Å². The lowest BCUT2D eigenvalue weighted by Gasteiger charge is -2.16. The van der Waals surface area contributed by atoms with Gasteiger partial charge in [0.15, 0.2) is 17.5 Å². The zero-order chi connectivity index (χ0) is 18.9. The summed E-state index contributed by atoms with van der Waals surface area (Å²) in [6, 6.07) is 12.0. The number of hydrogen-bond acceptors (Lipinski definition) is 4. The third-order valence-electron chi connectivity index (χ3n) is 3.78. The van der Waals surface area contributed by atoms with E-state index in [-0.39, 0.29) is 0 Å². The summed E-state index contributed by atoms with van der Waals surface area (Å²) in [6.07, 6.45) is 0. The van der Waals surface area contributed by atoms with Gasteiger partial charge in [-0.3, -0.25) is 4.99 Å². The molecule has 0 aliphatic rings. The summed E-state index contributed by atoms with van der Waals surface area (Å²) in [5, 5.41) is 6.58. The van der Waals surface area contributed by atoms with Crippen molar-refractivity contribution in [3.8, 4) is 17.2 Å². The van der Waals surface area contributed by atoms with Crippen molar-refractivity contribution in [1.29, 1.82) is 0 Å². The minimum atomic E-state index is 0.566. The zero-order valence-electron chi connectivity index (χ0n) is 15.4. The summed E-state index contributed by atoms with van der Waals surface area (Å²) < 4.78 is 17.2. The van der Waals surface area contributed by atoms with Crippen LogP contribution < -0.4 is 24.8 Å². The van der Waals surface area contributed by atoms with Gasteiger partial charge in [0.25, 0.3) is 0 Å².